The van der Waals surface area contributed by atoms with Gasteiger partial charge in [0, 0.05) is 11.3 Å². The highest BCUT2D eigenvalue weighted by Gasteiger charge is 2.48. The van der Waals surface area contributed by atoms with E-state index in [0.717, 1.165) is 12.0 Å². The molecule has 7 heteroatoms. The van der Waals surface area contributed by atoms with Crippen LogP contribution in [0.15, 0.2) is 70.9 Å². The van der Waals surface area contributed by atoms with Gasteiger partial charge in [-0.25, -0.2) is 0 Å². The highest BCUT2D eigenvalue weighted by molar-refractivity contribution is 6.51. The van der Waals surface area contributed by atoms with Gasteiger partial charge in [-0.3, -0.25) is 14.5 Å². The highest BCUT2D eigenvalue weighted by atomic mass is 35.5. The van der Waals surface area contributed by atoms with Crippen molar-refractivity contribution in [3.63, 3.8) is 0 Å². The van der Waals surface area contributed by atoms with E-state index >= 15 is 0 Å². The summed E-state index contributed by atoms with van der Waals surface area (Å²) in [6.45, 7) is 2.03. The molecule has 1 atom stereocenters. The first-order valence-corrected chi connectivity index (χ1v) is 10.1. The average Bonchev–Trinajstić information content (AvgIpc) is 3.37. The van der Waals surface area contributed by atoms with Crippen LogP contribution in [-0.2, 0) is 16.0 Å². The quantitative estimate of drug-likeness (QED) is 0.316. The molecule has 30 heavy (non-hydrogen) atoms. The molecule has 1 aliphatic heterocycles. The molecule has 5 nitrogen and oxygen atoms in total. The van der Waals surface area contributed by atoms with Crippen molar-refractivity contribution >= 4 is 46.3 Å². The van der Waals surface area contributed by atoms with Crippen LogP contribution in [0.25, 0.3) is 5.76 Å². The molecule has 0 spiro atoms. The lowest BCUT2D eigenvalue weighted by atomic mass is 9.99. The number of nitrogens with zero attached hydrogens (tertiary/aromatic N) is 1. The van der Waals surface area contributed by atoms with E-state index in [1.165, 1.54) is 29.4 Å². The average molecular weight is 442 g/mol. The monoisotopic (exact) mass is 441 g/mol. The molecule has 0 saturated carbocycles. The number of anilines is 1. The number of aryl methyl sites for hydroxylation is 1. The molecule has 1 saturated heterocycles. The number of aliphatic hydroxyl groups excluding tert-OH is 1. The summed E-state index contributed by atoms with van der Waals surface area (Å²) in [5.74, 6) is -1.54. The van der Waals surface area contributed by atoms with Gasteiger partial charge in [-0.05, 0) is 54.4 Å². The molecule has 3 aromatic rings. The second-order valence-corrected chi connectivity index (χ2v) is 7.65. The Morgan fingerprint density at radius 2 is 1.80 bits per heavy atom. The minimum Gasteiger partial charge on any atom is -0.507 e. The molecule has 1 amide bonds. The zero-order valence-electron chi connectivity index (χ0n) is 15.9. The molecule has 152 valence electrons. The second kappa shape index (κ2) is 8.01. The van der Waals surface area contributed by atoms with Crippen LogP contribution in [0.2, 0.25) is 10.0 Å². The number of hydrogen-bond donors (Lipinski definition) is 1. The molecule has 2 aromatic carbocycles. The predicted octanol–water partition coefficient (Wildman–Crippen LogP) is 5.78. The lowest BCUT2D eigenvalue weighted by Gasteiger charge is -2.23. The summed E-state index contributed by atoms with van der Waals surface area (Å²) >= 11 is 12.0. The summed E-state index contributed by atoms with van der Waals surface area (Å²) in [6, 6.07) is 14.2. The Morgan fingerprint density at radius 3 is 2.40 bits per heavy atom. The predicted molar refractivity (Wildman–Crippen MR) is 116 cm³/mol. The lowest BCUT2D eigenvalue weighted by molar-refractivity contribution is -0.132. The van der Waals surface area contributed by atoms with E-state index in [2.05, 4.69) is 0 Å². The van der Waals surface area contributed by atoms with Gasteiger partial charge in [0.05, 0.1) is 21.9 Å². The van der Waals surface area contributed by atoms with Crippen LogP contribution in [0.1, 0.15) is 29.9 Å². The summed E-state index contributed by atoms with van der Waals surface area (Å²) in [5, 5.41) is 11.5. The number of halogens is 2. The molecule has 1 unspecified atom stereocenters. The summed E-state index contributed by atoms with van der Waals surface area (Å²) in [4.78, 5) is 27.3. The molecule has 4 rings (SSSR count). The molecule has 2 heterocycles. The van der Waals surface area contributed by atoms with Crippen molar-refractivity contribution in [2.45, 2.75) is 19.4 Å². The minimum absolute atomic E-state index is 0.0760. The molecule has 0 aliphatic carbocycles. The largest absolute Gasteiger partial charge is 0.507 e. The normalized spacial score (nSPS) is 18.2. The molecule has 1 N–H and O–H groups in total. The first-order valence-electron chi connectivity index (χ1n) is 9.31. The first-order chi connectivity index (χ1) is 14.4. The van der Waals surface area contributed by atoms with E-state index in [9.17, 15) is 14.7 Å². The number of aliphatic hydroxyl groups is 1. The van der Waals surface area contributed by atoms with E-state index in [1.807, 2.05) is 19.1 Å². The van der Waals surface area contributed by atoms with Gasteiger partial charge in [-0.2, -0.15) is 0 Å². The van der Waals surface area contributed by atoms with Crippen LogP contribution in [0, 0.1) is 0 Å². The fraction of sp³-hybridized carbons (Fsp3) is 0.130. The number of Topliss-reactive ketones (excluding diaryl/α,β-unsaturated/α-hetero) is 1. The van der Waals surface area contributed by atoms with Crippen LogP contribution >= 0.6 is 23.2 Å². The summed E-state index contributed by atoms with van der Waals surface area (Å²) in [7, 11) is 0. The van der Waals surface area contributed by atoms with Crippen LogP contribution in [0.5, 0.6) is 0 Å². The van der Waals surface area contributed by atoms with Gasteiger partial charge < -0.3 is 9.52 Å². The second-order valence-electron chi connectivity index (χ2n) is 6.83. The van der Waals surface area contributed by atoms with Gasteiger partial charge in [-0.1, -0.05) is 42.3 Å². The van der Waals surface area contributed by atoms with Crippen molar-refractivity contribution in [3.05, 3.63) is 93.4 Å². The van der Waals surface area contributed by atoms with Crippen molar-refractivity contribution in [2.24, 2.45) is 0 Å². The number of furan rings is 1. The molecule has 1 aliphatic rings. The molecular formula is C23H17Cl2NO4. The van der Waals surface area contributed by atoms with Crippen molar-refractivity contribution < 1.29 is 19.1 Å². The molecule has 1 fully saturated rings. The highest BCUT2D eigenvalue weighted by Crippen LogP contribution is 2.42. The number of carbonyl (C=O) groups excluding carboxylic acids is 2. The molecular weight excluding hydrogens is 425 g/mol. The summed E-state index contributed by atoms with van der Waals surface area (Å²) < 4.78 is 5.53. The van der Waals surface area contributed by atoms with Crippen LogP contribution in [-0.4, -0.2) is 16.8 Å². The number of ketones is 1. The maximum absolute atomic E-state index is 13.0. The third kappa shape index (κ3) is 3.40. The Bertz CT molecular complexity index is 1150. The van der Waals surface area contributed by atoms with Gasteiger partial charge in [0.1, 0.15) is 17.6 Å². The number of rotatable bonds is 4. The van der Waals surface area contributed by atoms with Gasteiger partial charge in [0.2, 0.25) is 0 Å². The Balaban J connectivity index is 1.90. The Morgan fingerprint density at radius 1 is 1.07 bits per heavy atom. The van der Waals surface area contributed by atoms with Crippen molar-refractivity contribution in [1.29, 1.82) is 0 Å². The smallest absolute Gasteiger partial charge is 0.300 e. The summed E-state index contributed by atoms with van der Waals surface area (Å²) in [5.41, 5.74) is 1.83. The third-order valence-corrected chi connectivity index (χ3v) is 5.81. The fourth-order valence-electron chi connectivity index (χ4n) is 3.51. The number of benzene rings is 2. The zero-order chi connectivity index (χ0) is 21.4. The molecule has 0 radical (unpaired) electrons. The van der Waals surface area contributed by atoms with Crippen LogP contribution in [0.3, 0.4) is 0 Å². The van der Waals surface area contributed by atoms with E-state index in [4.69, 9.17) is 27.6 Å². The maximum Gasteiger partial charge on any atom is 0.300 e. The standard InChI is InChI=1S/C23H17Cl2NO4/c1-2-13-5-8-15(9-6-13)26-20(18-4-3-11-30-18)19(22(28)23(26)29)21(27)14-7-10-16(24)17(25)12-14/h3-12,20,27H,2H2,1H3/b21-19-. The van der Waals surface area contributed by atoms with Crippen LogP contribution < -0.4 is 4.90 Å². The fourth-order valence-corrected chi connectivity index (χ4v) is 3.80. The topological polar surface area (TPSA) is 70.8 Å². The Hall–Kier alpha value is -3.02. The van der Waals surface area contributed by atoms with E-state index in [-0.39, 0.29) is 21.9 Å². The number of carbonyl (C=O) groups is 2. The minimum atomic E-state index is -0.915. The van der Waals surface area contributed by atoms with Gasteiger partial charge in [-0.15, -0.1) is 0 Å². The third-order valence-electron chi connectivity index (χ3n) is 5.07. The van der Waals surface area contributed by atoms with Crippen molar-refractivity contribution in [2.75, 3.05) is 4.90 Å². The Labute approximate surface area is 183 Å². The number of amides is 1. The van der Waals surface area contributed by atoms with Gasteiger partial charge in [0.15, 0.2) is 0 Å². The lowest BCUT2D eigenvalue weighted by Crippen LogP contribution is -2.29. The Kier molecular flexibility index (Phi) is 5.41. The van der Waals surface area contributed by atoms with Crippen LogP contribution in [0.4, 0.5) is 5.69 Å². The zero-order valence-corrected chi connectivity index (χ0v) is 17.4. The maximum atomic E-state index is 13.0. The van der Waals surface area contributed by atoms with Gasteiger partial charge >= 0.3 is 0 Å². The summed E-state index contributed by atoms with van der Waals surface area (Å²) in [6.07, 6.45) is 2.30. The van der Waals surface area contributed by atoms with E-state index in [0.29, 0.717) is 16.5 Å². The van der Waals surface area contributed by atoms with E-state index < -0.39 is 17.7 Å². The first kappa shape index (κ1) is 20.3. The van der Waals surface area contributed by atoms with E-state index in [1.54, 1.807) is 24.3 Å². The molecule has 0 bridgehead atoms. The molecule has 1 aromatic heterocycles. The van der Waals surface area contributed by atoms with Gasteiger partial charge in [0.25, 0.3) is 11.7 Å². The van der Waals surface area contributed by atoms with Crippen molar-refractivity contribution in [1.82, 2.24) is 0 Å². The SMILES string of the molecule is CCc1ccc(N2C(=O)C(=O)/C(=C(\O)c3ccc(Cl)c(Cl)c3)C2c2ccco2)cc1. The van der Waals surface area contributed by atoms with Crippen molar-refractivity contribution in [3.8, 4) is 0 Å². The number of hydrogen-bond acceptors (Lipinski definition) is 4.